The third-order valence-corrected chi connectivity index (χ3v) is 5.04. The molecule has 1 N–H and O–H groups in total. The van der Waals surface area contributed by atoms with E-state index >= 15 is 0 Å². The van der Waals surface area contributed by atoms with Gasteiger partial charge in [-0.05, 0) is 13.8 Å². The lowest BCUT2D eigenvalue weighted by Crippen LogP contribution is -2.82. The van der Waals surface area contributed by atoms with E-state index in [0.717, 1.165) is 6.54 Å². The number of amides is 3. The van der Waals surface area contributed by atoms with Crippen molar-refractivity contribution in [1.29, 1.82) is 0 Å². The molecule has 0 unspecified atom stereocenters. The number of nitrogens with one attached hydrogen (secondary N) is 1. The van der Waals surface area contributed by atoms with Crippen molar-refractivity contribution in [3.63, 3.8) is 0 Å². The zero-order valence-corrected chi connectivity index (χ0v) is 14.8. The number of rotatable bonds is 3. The van der Waals surface area contributed by atoms with E-state index in [2.05, 4.69) is 10.2 Å². The van der Waals surface area contributed by atoms with Crippen LogP contribution in [0.2, 0.25) is 0 Å². The summed E-state index contributed by atoms with van der Waals surface area (Å²) in [7, 11) is 1.54. The summed E-state index contributed by atoms with van der Waals surface area (Å²) in [6, 6.07) is 0.292. The van der Waals surface area contributed by atoms with Gasteiger partial charge in [0.25, 0.3) is 0 Å². The Bertz CT molecular complexity index is 492. The quantitative estimate of drug-likeness (QED) is 0.739. The number of urea groups is 1. The number of nitrogens with zero attached hydrogens (tertiary/aromatic N) is 3. The SMILES string of the molecule is COCC(=O)N1C[C@@H]2COCCN2C2(C1)CN(C(=O)NC(C)C)C2. The minimum absolute atomic E-state index is 0.00665. The Morgan fingerprint density at radius 1 is 1.29 bits per heavy atom. The van der Waals surface area contributed by atoms with Crippen molar-refractivity contribution in [3.05, 3.63) is 0 Å². The highest BCUT2D eigenvalue weighted by Crippen LogP contribution is 2.35. The van der Waals surface area contributed by atoms with Crippen LogP contribution in [0.15, 0.2) is 0 Å². The summed E-state index contributed by atoms with van der Waals surface area (Å²) in [5.74, 6) is 0.00665. The number of carbonyl (C=O) groups is 2. The average molecular weight is 340 g/mol. The molecule has 0 aromatic heterocycles. The molecule has 0 saturated carbocycles. The minimum atomic E-state index is -0.148. The molecule has 8 heteroatoms. The van der Waals surface area contributed by atoms with Crippen LogP contribution in [0, 0.1) is 0 Å². The smallest absolute Gasteiger partial charge is 0.317 e. The number of likely N-dealkylation sites (tertiary alicyclic amines) is 1. The van der Waals surface area contributed by atoms with Gasteiger partial charge in [0.05, 0.1) is 24.8 Å². The van der Waals surface area contributed by atoms with Crippen molar-refractivity contribution >= 4 is 11.9 Å². The second-order valence-corrected chi connectivity index (χ2v) is 7.31. The Morgan fingerprint density at radius 3 is 2.67 bits per heavy atom. The van der Waals surface area contributed by atoms with Crippen LogP contribution >= 0.6 is 0 Å². The maximum absolute atomic E-state index is 12.3. The van der Waals surface area contributed by atoms with E-state index in [1.807, 2.05) is 23.6 Å². The van der Waals surface area contributed by atoms with Gasteiger partial charge < -0.3 is 24.6 Å². The van der Waals surface area contributed by atoms with E-state index in [0.29, 0.717) is 39.4 Å². The standard InChI is InChI=1S/C16H28N4O4/c1-12(2)17-15(22)19-10-16(11-19)9-18(14(21)8-23-3)6-13-7-24-5-4-20(13)16/h12-13H,4-11H2,1-3H3,(H,17,22)/t13-/m1/s1. The lowest BCUT2D eigenvalue weighted by atomic mass is 9.82. The maximum atomic E-state index is 12.3. The summed E-state index contributed by atoms with van der Waals surface area (Å²) in [5.41, 5.74) is -0.148. The molecule has 0 aromatic rings. The Kier molecular flexibility index (Phi) is 4.98. The maximum Gasteiger partial charge on any atom is 0.317 e. The lowest BCUT2D eigenvalue weighted by molar-refractivity contribution is -0.170. The van der Waals surface area contributed by atoms with Crippen LogP contribution in [0.4, 0.5) is 4.79 Å². The van der Waals surface area contributed by atoms with Gasteiger partial charge in [-0.25, -0.2) is 4.79 Å². The van der Waals surface area contributed by atoms with Crippen LogP contribution < -0.4 is 5.32 Å². The zero-order chi connectivity index (χ0) is 17.3. The van der Waals surface area contributed by atoms with E-state index in [-0.39, 0.29) is 36.2 Å². The fraction of sp³-hybridized carbons (Fsp3) is 0.875. The van der Waals surface area contributed by atoms with Gasteiger partial charge in [0, 0.05) is 45.9 Å². The molecular formula is C16H28N4O4. The number of carbonyl (C=O) groups excluding carboxylic acids is 2. The van der Waals surface area contributed by atoms with Crippen LogP contribution in [0.25, 0.3) is 0 Å². The van der Waals surface area contributed by atoms with E-state index < -0.39 is 0 Å². The molecule has 0 radical (unpaired) electrons. The molecule has 1 atom stereocenters. The first-order valence-electron chi connectivity index (χ1n) is 8.62. The monoisotopic (exact) mass is 340 g/mol. The van der Waals surface area contributed by atoms with Crippen molar-refractivity contribution in [1.82, 2.24) is 20.0 Å². The van der Waals surface area contributed by atoms with Gasteiger partial charge in [0.2, 0.25) is 5.91 Å². The van der Waals surface area contributed by atoms with Gasteiger partial charge in [-0.1, -0.05) is 0 Å². The molecule has 3 amide bonds. The van der Waals surface area contributed by atoms with E-state index in [4.69, 9.17) is 9.47 Å². The van der Waals surface area contributed by atoms with Crippen LogP contribution in [0.3, 0.4) is 0 Å². The summed E-state index contributed by atoms with van der Waals surface area (Å²) < 4.78 is 10.6. The summed E-state index contributed by atoms with van der Waals surface area (Å²) in [6.07, 6.45) is 0. The van der Waals surface area contributed by atoms with Crippen LogP contribution in [0.1, 0.15) is 13.8 Å². The third-order valence-electron chi connectivity index (χ3n) is 5.04. The summed E-state index contributed by atoms with van der Waals surface area (Å²) in [4.78, 5) is 30.7. The minimum Gasteiger partial charge on any atom is -0.378 e. The molecule has 0 aromatic carbocycles. The first kappa shape index (κ1) is 17.4. The molecule has 1 spiro atoms. The second kappa shape index (κ2) is 6.85. The normalized spacial score (nSPS) is 26.2. The average Bonchev–Trinajstić information content (AvgIpc) is 2.51. The molecule has 8 nitrogen and oxygen atoms in total. The molecule has 3 aliphatic rings. The second-order valence-electron chi connectivity index (χ2n) is 7.31. The highest BCUT2D eigenvalue weighted by Gasteiger charge is 2.56. The Morgan fingerprint density at radius 2 is 2.00 bits per heavy atom. The van der Waals surface area contributed by atoms with E-state index in [1.54, 1.807) is 0 Å². The number of hydrogen-bond acceptors (Lipinski definition) is 5. The first-order chi connectivity index (χ1) is 11.4. The fourth-order valence-electron chi connectivity index (χ4n) is 4.03. The largest absolute Gasteiger partial charge is 0.378 e. The Balaban J connectivity index is 1.70. The number of fused-ring (bicyclic) bond motifs is 2. The third kappa shape index (κ3) is 3.22. The molecule has 0 aliphatic carbocycles. The Labute approximate surface area is 143 Å². The molecule has 3 fully saturated rings. The first-order valence-corrected chi connectivity index (χ1v) is 8.62. The molecule has 136 valence electrons. The predicted octanol–water partition coefficient (Wildman–Crippen LogP) is -0.652. The van der Waals surface area contributed by atoms with Gasteiger partial charge >= 0.3 is 6.03 Å². The molecule has 3 heterocycles. The molecule has 24 heavy (non-hydrogen) atoms. The van der Waals surface area contributed by atoms with Gasteiger partial charge in [0.1, 0.15) is 6.61 Å². The van der Waals surface area contributed by atoms with E-state index in [1.165, 1.54) is 7.11 Å². The molecule has 3 rings (SSSR count). The number of piperazine rings is 1. The van der Waals surface area contributed by atoms with Gasteiger partial charge in [-0.2, -0.15) is 0 Å². The highest BCUT2D eigenvalue weighted by atomic mass is 16.5. The topological polar surface area (TPSA) is 74.3 Å². The number of hydrogen-bond donors (Lipinski definition) is 1. The zero-order valence-electron chi connectivity index (χ0n) is 14.8. The summed E-state index contributed by atoms with van der Waals surface area (Å²) in [5, 5.41) is 2.94. The van der Waals surface area contributed by atoms with Crippen LogP contribution in [-0.2, 0) is 14.3 Å². The van der Waals surface area contributed by atoms with Crippen molar-refractivity contribution in [2.75, 3.05) is 59.7 Å². The Hall–Kier alpha value is -1.38. The highest BCUT2D eigenvalue weighted by molar-refractivity contribution is 5.78. The fourth-order valence-corrected chi connectivity index (χ4v) is 4.03. The van der Waals surface area contributed by atoms with Crippen LogP contribution in [0.5, 0.6) is 0 Å². The number of methoxy groups -OCH3 is 1. The molecular weight excluding hydrogens is 312 g/mol. The summed E-state index contributed by atoms with van der Waals surface area (Å²) in [6.45, 7) is 8.84. The summed E-state index contributed by atoms with van der Waals surface area (Å²) >= 11 is 0. The van der Waals surface area contributed by atoms with Crippen molar-refractivity contribution in [3.8, 4) is 0 Å². The van der Waals surface area contributed by atoms with Crippen molar-refractivity contribution < 1.29 is 19.1 Å². The molecule has 3 saturated heterocycles. The number of ether oxygens (including phenoxy) is 2. The molecule has 0 bridgehead atoms. The predicted molar refractivity (Wildman–Crippen MR) is 87.7 cm³/mol. The van der Waals surface area contributed by atoms with Gasteiger partial charge in [0.15, 0.2) is 0 Å². The lowest BCUT2D eigenvalue weighted by Gasteiger charge is -2.63. The van der Waals surface area contributed by atoms with Gasteiger partial charge in [-0.15, -0.1) is 0 Å². The van der Waals surface area contributed by atoms with Crippen LogP contribution in [-0.4, -0.2) is 104 Å². The van der Waals surface area contributed by atoms with Crippen molar-refractivity contribution in [2.45, 2.75) is 31.5 Å². The van der Waals surface area contributed by atoms with Gasteiger partial charge in [-0.3, -0.25) is 9.69 Å². The van der Waals surface area contributed by atoms with Crippen molar-refractivity contribution in [2.24, 2.45) is 0 Å². The molecule has 3 aliphatic heterocycles. The number of morpholine rings is 1. The van der Waals surface area contributed by atoms with E-state index in [9.17, 15) is 9.59 Å².